The number of halogens is 2. The largest absolute Gasteiger partial charge is 0.493 e. The van der Waals surface area contributed by atoms with Crippen LogP contribution in [0.5, 0.6) is 11.5 Å². The Bertz CT molecular complexity index is 629. The number of benzene rings is 1. The Kier molecular flexibility index (Phi) is 17.0. The minimum atomic E-state index is 0.214. The van der Waals surface area contributed by atoms with Crippen LogP contribution in [0.3, 0.4) is 0 Å². The van der Waals surface area contributed by atoms with Gasteiger partial charge in [-0.1, -0.05) is 44.0 Å². The van der Waals surface area contributed by atoms with E-state index in [9.17, 15) is 0 Å². The fourth-order valence-corrected chi connectivity index (χ4v) is 5.34. The molecule has 0 atom stereocenters. The monoisotopic (exact) mass is 508 g/mol. The van der Waals surface area contributed by atoms with Gasteiger partial charge in [-0.2, -0.15) is 0 Å². The molecule has 0 heterocycles. The Labute approximate surface area is 208 Å². The maximum absolute atomic E-state index is 6.12. The van der Waals surface area contributed by atoms with E-state index < -0.39 is 0 Å². The van der Waals surface area contributed by atoms with Gasteiger partial charge in [-0.05, 0) is 79.9 Å². The number of unbranched alkanes of at least 4 members (excludes halogenated alkanes) is 1. The molecule has 0 aliphatic carbocycles. The highest BCUT2D eigenvalue weighted by atomic mass is 35.5. The van der Waals surface area contributed by atoms with Crippen molar-refractivity contribution in [1.82, 2.24) is 0 Å². The SMILES string of the molecule is CCCSC(COCCCCOc1c(C)cc(OCC=C(Cl)Cl)cc1CC)SCCC. The van der Waals surface area contributed by atoms with Crippen LogP contribution in [0.2, 0.25) is 0 Å². The molecule has 1 aromatic rings. The van der Waals surface area contributed by atoms with E-state index in [0.717, 1.165) is 55.1 Å². The second-order valence-electron chi connectivity index (χ2n) is 7.19. The van der Waals surface area contributed by atoms with Crippen molar-refractivity contribution in [3.8, 4) is 11.5 Å². The van der Waals surface area contributed by atoms with E-state index in [1.807, 2.05) is 35.7 Å². The third-order valence-electron chi connectivity index (χ3n) is 4.39. The maximum atomic E-state index is 6.12. The number of ether oxygens (including phenoxy) is 3. The summed E-state index contributed by atoms with van der Waals surface area (Å²) < 4.78 is 18.5. The molecule has 0 saturated heterocycles. The quantitative estimate of drug-likeness (QED) is 0.147. The summed E-state index contributed by atoms with van der Waals surface area (Å²) in [6.07, 6.45) is 6.94. The van der Waals surface area contributed by atoms with Crippen LogP contribution in [0.1, 0.15) is 57.6 Å². The Hall–Kier alpha value is -0.200. The summed E-state index contributed by atoms with van der Waals surface area (Å²) in [5.74, 6) is 4.18. The molecule has 1 rings (SSSR count). The summed E-state index contributed by atoms with van der Waals surface area (Å²) in [7, 11) is 0. The molecule has 0 fully saturated rings. The third-order valence-corrected chi connectivity index (χ3v) is 7.82. The van der Waals surface area contributed by atoms with Crippen molar-refractivity contribution in [2.75, 3.05) is 37.9 Å². The zero-order valence-electron chi connectivity index (χ0n) is 19.4. The zero-order valence-corrected chi connectivity index (χ0v) is 22.5. The molecular weight excluding hydrogens is 471 g/mol. The van der Waals surface area contributed by atoms with Gasteiger partial charge in [-0.25, -0.2) is 0 Å². The lowest BCUT2D eigenvalue weighted by Crippen LogP contribution is -2.11. The summed E-state index contributed by atoms with van der Waals surface area (Å²) in [6.45, 7) is 11.3. The van der Waals surface area contributed by atoms with E-state index in [0.29, 0.717) is 17.8 Å². The van der Waals surface area contributed by atoms with Crippen LogP contribution in [0, 0.1) is 6.92 Å². The zero-order chi connectivity index (χ0) is 22.9. The second-order valence-corrected chi connectivity index (χ2v) is 11.1. The van der Waals surface area contributed by atoms with Gasteiger partial charge in [0.2, 0.25) is 0 Å². The van der Waals surface area contributed by atoms with E-state index in [1.165, 1.54) is 24.3 Å². The molecule has 0 aliphatic rings. The van der Waals surface area contributed by atoms with Crippen LogP contribution in [0.15, 0.2) is 22.7 Å². The van der Waals surface area contributed by atoms with Gasteiger partial charge in [0.1, 0.15) is 22.6 Å². The number of thioether (sulfide) groups is 2. The lowest BCUT2D eigenvalue weighted by atomic mass is 10.1. The standard InChI is InChI=1S/C24H38Cl2O3S2/c1-5-14-30-23(31-15-6-2)18-27-11-8-9-12-29-24-19(4)16-21(17-20(24)7-3)28-13-10-22(25)26/h10,16-17,23H,5-9,11-15,18H2,1-4H3. The highest BCUT2D eigenvalue weighted by Gasteiger charge is 2.11. The van der Waals surface area contributed by atoms with Crippen LogP contribution < -0.4 is 9.47 Å². The molecular formula is C24H38Cl2O3S2. The van der Waals surface area contributed by atoms with Crippen LogP contribution in [-0.2, 0) is 11.2 Å². The smallest absolute Gasteiger partial charge is 0.125 e. The second kappa shape index (κ2) is 18.3. The molecule has 0 unspecified atom stereocenters. The highest BCUT2D eigenvalue weighted by Crippen LogP contribution is 2.30. The Morgan fingerprint density at radius 1 is 1.00 bits per heavy atom. The van der Waals surface area contributed by atoms with Gasteiger partial charge >= 0.3 is 0 Å². The third kappa shape index (κ3) is 13.2. The normalized spacial score (nSPS) is 11.1. The van der Waals surface area contributed by atoms with Crippen molar-refractivity contribution in [3.05, 3.63) is 33.8 Å². The van der Waals surface area contributed by atoms with Crippen LogP contribution in [-0.4, -0.2) is 42.5 Å². The minimum Gasteiger partial charge on any atom is -0.493 e. The van der Waals surface area contributed by atoms with Crippen LogP contribution in [0.25, 0.3) is 0 Å². The van der Waals surface area contributed by atoms with E-state index >= 15 is 0 Å². The molecule has 3 nitrogen and oxygen atoms in total. The van der Waals surface area contributed by atoms with Gasteiger partial charge in [0.15, 0.2) is 0 Å². The molecule has 0 saturated carbocycles. The van der Waals surface area contributed by atoms with Gasteiger partial charge in [-0.15, -0.1) is 23.5 Å². The van der Waals surface area contributed by atoms with Crippen LogP contribution in [0.4, 0.5) is 0 Å². The van der Waals surface area contributed by atoms with E-state index in [2.05, 4.69) is 27.7 Å². The fourth-order valence-electron chi connectivity index (χ4n) is 2.87. The van der Waals surface area contributed by atoms with Crippen molar-refractivity contribution >= 4 is 46.7 Å². The first-order chi connectivity index (χ1) is 15.0. The molecule has 7 heteroatoms. The lowest BCUT2D eigenvalue weighted by molar-refractivity contribution is 0.137. The minimum absolute atomic E-state index is 0.214. The van der Waals surface area contributed by atoms with Crippen molar-refractivity contribution in [1.29, 1.82) is 0 Å². The van der Waals surface area contributed by atoms with E-state index in [1.54, 1.807) is 6.08 Å². The number of hydrogen-bond donors (Lipinski definition) is 0. The molecule has 0 aromatic heterocycles. The molecule has 0 N–H and O–H groups in total. The van der Waals surface area contributed by atoms with Gasteiger partial charge < -0.3 is 14.2 Å². The van der Waals surface area contributed by atoms with Gasteiger partial charge in [0, 0.05) is 6.61 Å². The average Bonchev–Trinajstić information content (AvgIpc) is 2.74. The predicted octanol–water partition coefficient (Wildman–Crippen LogP) is 8.04. The van der Waals surface area contributed by atoms with E-state index in [4.69, 9.17) is 37.4 Å². The summed E-state index contributed by atoms with van der Waals surface area (Å²) in [4.78, 5) is 0. The number of rotatable bonds is 18. The summed E-state index contributed by atoms with van der Waals surface area (Å²) >= 11 is 15.3. The molecule has 31 heavy (non-hydrogen) atoms. The highest BCUT2D eigenvalue weighted by molar-refractivity contribution is 8.17. The molecule has 1 aromatic carbocycles. The van der Waals surface area contributed by atoms with E-state index in [-0.39, 0.29) is 4.49 Å². The first kappa shape index (κ1) is 28.8. The van der Waals surface area contributed by atoms with Crippen molar-refractivity contribution in [2.24, 2.45) is 0 Å². The first-order valence-corrected chi connectivity index (χ1v) is 14.1. The van der Waals surface area contributed by atoms with Crippen LogP contribution >= 0.6 is 46.7 Å². The van der Waals surface area contributed by atoms with Crippen molar-refractivity contribution < 1.29 is 14.2 Å². The van der Waals surface area contributed by atoms with Gasteiger partial charge in [-0.3, -0.25) is 0 Å². The Morgan fingerprint density at radius 2 is 1.68 bits per heavy atom. The molecule has 0 radical (unpaired) electrons. The summed E-state index contributed by atoms with van der Waals surface area (Å²) in [5.41, 5.74) is 2.23. The van der Waals surface area contributed by atoms with Crippen molar-refractivity contribution in [3.63, 3.8) is 0 Å². The Morgan fingerprint density at radius 3 is 2.29 bits per heavy atom. The summed E-state index contributed by atoms with van der Waals surface area (Å²) in [6, 6.07) is 4.03. The molecule has 0 spiro atoms. The predicted molar refractivity (Wildman–Crippen MR) is 141 cm³/mol. The summed E-state index contributed by atoms with van der Waals surface area (Å²) in [5, 5.41) is 0. The average molecular weight is 510 g/mol. The molecule has 178 valence electrons. The van der Waals surface area contributed by atoms with Gasteiger partial charge in [0.25, 0.3) is 0 Å². The maximum Gasteiger partial charge on any atom is 0.125 e. The fraction of sp³-hybridized carbons (Fsp3) is 0.667. The van der Waals surface area contributed by atoms with Crippen molar-refractivity contribution in [2.45, 2.75) is 64.4 Å². The topological polar surface area (TPSA) is 27.7 Å². The Balaban J connectivity index is 2.37. The molecule has 0 amide bonds. The first-order valence-electron chi connectivity index (χ1n) is 11.2. The molecule has 0 aliphatic heterocycles. The number of hydrogen-bond acceptors (Lipinski definition) is 5. The number of aryl methyl sites for hydroxylation is 2. The lowest BCUT2D eigenvalue weighted by Gasteiger charge is -2.17. The van der Waals surface area contributed by atoms with Gasteiger partial charge in [0.05, 0.1) is 17.8 Å². The molecule has 0 bridgehead atoms.